The molecule has 34 heavy (non-hydrogen) atoms. The van der Waals surface area contributed by atoms with Crippen LogP contribution in [0.25, 0.3) is 0 Å². The molecule has 2 amide bonds. The first kappa shape index (κ1) is 25.3. The topological polar surface area (TPSA) is 105 Å². The van der Waals surface area contributed by atoms with Crippen LogP contribution in [-0.4, -0.2) is 60.1 Å². The number of esters is 2. The zero-order valence-corrected chi connectivity index (χ0v) is 20.9. The fraction of sp³-hybridized carbons (Fsp3) is 0.261. The molecule has 1 atom stereocenters. The van der Waals surface area contributed by atoms with Crippen LogP contribution < -0.4 is 10.2 Å². The zero-order valence-electron chi connectivity index (χ0n) is 18.4. The number of carbonyl (C=O) groups excluding carboxylic acids is 4. The summed E-state index contributed by atoms with van der Waals surface area (Å²) in [7, 11) is 1.23. The molecule has 1 heterocycles. The molecule has 2 aromatic carbocycles. The van der Waals surface area contributed by atoms with Crippen LogP contribution in [0.3, 0.4) is 0 Å². The lowest BCUT2D eigenvalue weighted by molar-refractivity contribution is -0.141. The van der Waals surface area contributed by atoms with Gasteiger partial charge in [-0.2, -0.15) is 0 Å². The quantitative estimate of drug-likeness (QED) is 0.397. The highest BCUT2D eigenvalue weighted by molar-refractivity contribution is 9.10. The van der Waals surface area contributed by atoms with Crippen molar-refractivity contribution in [2.75, 3.05) is 30.5 Å². The maximum absolute atomic E-state index is 13.3. The maximum atomic E-state index is 13.3. The van der Waals surface area contributed by atoms with Crippen LogP contribution in [0.5, 0.6) is 0 Å². The first-order valence-electron chi connectivity index (χ1n) is 10.3. The van der Waals surface area contributed by atoms with Crippen molar-refractivity contribution in [1.29, 1.82) is 0 Å². The van der Waals surface area contributed by atoms with Crippen molar-refractivity contribution in [2.45, 2.75) is 19.4 Å². The Bertz CT molecular complexity index is 1110. The Morgan fingerprint density at radius 2 is 1.74 bits per heavy atom. The molecule has 0 bridgehead atoms. The Labute approximate surface area is 210 Å². The van der Waals surface area contributed by atoms with E-state index in [0.717, 1.165) is 4.47 Å². The minimum Gasteiger partial charge on any atom is -0.468 e. The largest absolute Gasteiger partial charge is 0.468 e. The van der Waals surface area contributed by atoms with E-state index in [4.69, 9.17) is 21.7 Å². The number of carbonyl (C=O) groups is 4. The van der Waals surface area contributed by atoms with Gasteiger partial charge in [-0.05, 0) is 67.7 Å². The SMILES string of the molecule is CCOC(=O)c1ccc(N2C(=O)C(CC(=O)Nc3ccc(Br)cc3)N(CC(=O)OC)C2=S)cc1. The second-order valence-electron chi connectivity index (χ2n) is 7.20. The minimum absolute atomic E-state index is 0.0562. The van der Waals surface area contributed by atoms with Crippen LogP contribution in [0.2, 0.25) is 0 Å². The molecule has 0 aromatic heterocycles. The first-order valence-corrected chi connectivity index (χ1v) is 11.5. The fourth-order valence-corrected chi connectivity index (χ4v) is 3.99. The van der Waals surface area contributed by atoms with Gasteiger partial charge < -0.3 is 19.7 Å². The monoisotopic (exact) mass is 547 g/mol. The summed E-state index contributed by atoms with van der Waals surface area (Å²) >= 11 is 8.81. The van der Waals surface area contributed by atoms with E-state index in [1.807, 2.05) is 0 Å². The number of hydrogen-bond donors (Lipinski definition) is 1. The predicted molar refractivity (Wildman–Crippen MR) is 132 cm³/mol. The third-order valence-electron chi connectivity index (χ3n) is 4.99. The van der Waals surface area contributed by atoms with Gasteiger partial charge in [0.05, 0.1) is 31.4 Å². The van der Waals surface area contributed by atoms with E-state index in [0.29, 0.717) is 16.9 Å². The van der Waals surface area contributed by atoms with Gasteiger partial charge in [-0.25, -0.2) is 4.79 Å². The number of rotatable bonds is 8. The predicted octanol–water partition coefficient (Wildman–Crippen LogP) is 3.13. The zero-order chi connectivity index (χ0) is 24.8. The molecule has 1 aliphatic rings. The normalized spacial score (nSPS) is 15.3. The first-order chi connectivity index (χ1) is 16.2. The van der Waals surface area contributed by atoms with Gasteiger partial charge in [0, 0.05) is 10.2 Å². The number of thiocarbonyl (C=S) groups is 1. The third kappa shape index (κ3) is 5.78. The van der Waals surface area contributed by atoms with Crippen LogP contribution >= 0.6 is 28.1 Å². The minimum atomic E-state index is -1.01. The average Bonchev–Trinajstić information content (AvgIpc) is 3.04. The summed E-state index contributed by atoms with van der Waals surface area (Å²) < 4.78 is 10.6. The van der Waals surface area contributed by atoms with E-state index in [2.05, 4.69) is 21.2 Å². The Balaban J connectivity index is 1.82. The lowest BCUT2D eigenvalue weighted by Crippen LogP contribution is -2.41. The molecule has 1 aliphatic heterocycles. The lowest BCUT2D eigenvalue weighted by atomic mass is 10.1. The number of nitrogens with one attached hydrogen (secondary N) is 1. The lowest BCUT2D eigenvalue weighted by Gasteiger charge is -2.22. The molecule has 11 heteroatoms. The number of anilines is 2. The third-order valence-corrected chi connectivity index (χ3v) is 5.93. The molecule has 0 aliphatic carbocycles. The summed E-state index contributed by atoms with van der Waals surface area (Å²) in [4.78, 5) is 52.5. The van der Waals surface area contributed by atoms with E-state index in [1.165, 1.54) is 29.0 Å². The Hall–Kier alpha value is -3.31. The van der Waals surface area contributed by atoms with Crippen LogP contribution in [0.4, 0.5) is 11.4 Å². The number of methoxy groups -OCH3 is 1. The molecule has 1 fully saturated rings. The van der Waals surface area contributed by atoms with E-state index in [9.17, 15) is 19.2 Å². The van der Waals surface area contributed by atoms with Gasteiger partial charge in [0.1, 0.15) is 12.6 Å². The van der Waals surface area contributed by atoms with Crippen molar-refractivity contribution < 1.29 is 28.7 Å². The standard InChI is InChI=1S/C23H22BrN3O6S/c1-3-33-22(31)14-4-10-17(11-5-14)27-21(30)18(26(23(27)34)13-20(29)32-2)12-19(28)25-16-8-6-15(24)7-9-16/h4-11,18H,3,12-13H2,1-2H3,(H,25,28). The summed E-state index contributed by atoms with van der Waals surface area (Å²) in [5.74, 6) is -1.98. The molecule has 0 spiro atoms. The highest BCUT2D eigenvalue weighted by atomic mass is 79.9. The number of nitrogens with zero attached hydrogens (tertiary/aromatic N) is 2. The summed E-state index contributed by atoms with van der Waals surface area (Å²) in [6.07, 6.45) is -0.233. The van der Waals surface area contributed by atoms with Crippen LogP contribution in [0.1, 0.15) is 23.7 Å². The number of benzene rings is 2. The number of amides is 2. The van der Waals surface area contributed by atoms with Gasteiger partial charge in [0.25, 0.3) is 5.91 Å². The molecule has 1 saturated heterocycles. The molecule has 2 aromatic rings. The van der Waals surface area contributed by atoms with Gasteiger partial charge in [-0.15, -0.1) is 0 Å². The number of hydrogen-bond acceptors (Lipinski definition) is 7. The highest BCUT2D eigenvalue weighted by Crippen LogP contribution is 2.28. The van der Waals surface area contributed by atoms with E-state index < -0.39 is 29.8 Å². The Morgan fingerprint density at radius 1 is 1.09 bits per heavy atom. The van der Waals surface area contributed by atoms with Crippen molar-refractivity contribution in [2.24, 2.45) is 0 Å². The molecule has 178 valence electrons. The molecule has 9 nitrogen and oxygen atoms in total. The van der Waals surface area contributed by atoms with E-state index in [1.54, 1.807) is 43.3 Å². The average molecular weight is 548 g/mol. The van der Waals surface area contributed by atoms with Crippen molar-refractivity contribution in [3.05, 3.63) is 58.6 Å². The van der Waals surface area contributed by atoms with Crippen molar-refractivity contribution >= 4 is 68.4 Å². The molecular weight excluding hydrogens is 526 g/mol. The van der Waals surface area contributed by atoms with Gasteiger partial charge in [0.2, 0.25) is 5.91 Å². The number of ether oxygens (including phenoxy) is 2. The second-order valence-corrected chi connectivity index (χ2v) is 8.48. The van der Waals surface area contributed by atoms with Crippen LogP contribution in [0.15, 0.2) is 53.0 Å². The second kappa shape index (κ2) is 11.2. The van der Waals surface area contributed by atoms with Crippen molar-refractivity contribution in [1.82, 2.24) is 4.90 Å². The van der Waals surface area contributed by atoms with E-state index in [-0.39, 0.29) is 24.7 Å². The van der Waals surface area contributed by atoms with Gasteiger partial charge in [-0.3, -0.25) is 19.3 Å². The molecule has 3 rings (SSSR count). The summed E-state index contributed by atoms with van der Waals surface area (Å²) in [6.45, 7) is 1.65. The Morgan fingerprint density at radius 3 is 2.32 bits per heavy atom. The molecular formula is C23H22BrN3O6S. The van der Waals surface area contributed by atoms with Crippen molar-refractivity contribution in [3.8, 4) is 0 Å². The summed E-state index contributed by atoms with van der Waals surface area (Å²) in [5.41, 5.74) is 1.28. The number of halogens is 1. The summed E-state index contributed by atoms with van der Waals surface area (Å²) in [6, 6.07) is 12.1. The fourth-order valence-electron chi connectivity index (χ4n) is 3.34. The van der Waals surface area contributed by atoms with Crippen molar-refractivity contribution in [3.63, 3.8) is 0 Å². The van der Waals surface area contributed by atoms with Gasteiger partial charge >= 0.3 is 11.9 Å². The van der Waals surface area contributed by atoms with Gasteiger partial charge in [-0.1, -0.05) is 15.9 Å². The molecule has 0 radical (unpaired) electrons. The highest BCUT2D eigenvalue weighted by Gasteiger charge is 2.45. The molecule has 1 unspecified atom stereocenters. The summed E-state index contributed by atoms with van der Waals surface area (Å²) in [5, 5.41) is 2.79. The van der Waals surface area contributed by atoms with Gasteiger partial charge in [0.15, 0.2) is 5.11 Å². The molecule has 0 saturated carbocycles. The van der Waals surface area contributed by atoms with E-state index >= 15 is 0 Å². The maximum Gasteiger partial charge on any atom is 0.338 e. The van der Waals surface area contributed by atoms with Crippen LogP contribution in [0, 0.1) is 0 Å². The van der Waals surface area contributed by atoms with Crippen LogP contribution in [-0.2, 0) is 23.9 Å². The molecule has 1 N–H and O–H groups in total. The smallest absolute Gasteiger partial charge is 0.338 e. The Kier molecular flexibility index (Phi) is 8.35.